The van der Waals surface area contributed by atoms with Crippen molar-refractivity contribution in [3.63, 3.8) is 0 Å². The van der Waals surface area contributed by atoms with E-state index in [1.807, 2.05) is 0 Å². The monoisotopic (exact) mass is 378 g/mol. The van der Waals surface area contributed by atoms with Crippen molar-refractivity contribution in [2.24, 2.45) is 0 Å². The Morgan fingerprint density at radius 3 is 2.77 bits per heavy atom. The number of ether oxygens (including phenoxy) is 1. The largest absolute Gasteiger partial charge is 0.471 e. The van der Waals surface area contributed by atoms with Crippen molar-refractivity contribution in [3.8, 4) is 5.88 Å². The van der Waals surface area contributed by atoms with E-state index in [1.54, 1.807) is 6.92 Å². The predicted molar refractivity (Wildman–Crippen MR) is 90.1 cm³/mol. The summed E-state index contributed by atoms with van der Waals surface area (Å²) < 4.78 is 33.3. The fourth-order valence-corrected chi connectivity index (χ4v) is 2.45. The van der Waals surface area contributed by atoms with Crippen molar-refractivity contribution in [2.45, 2.75) is 20.1 Å². The third-order valence-corrected chi connectivity index (χ3v) is 3.91. The number of hydrogen-bond acceptors (Lipinski definition) is 5. The summed E-state index contributed by atoms with van der Waals surface area (Å²) in [7, 11) is 0. The first-order valence-corrected chi connectivity index (χ1v) is 7.92. The lowest BCUT2D eigenvalue weighted by Gasteiger charge is -2.13. The summed E-state index contributed by atoms with van der Waals surface area (Å²) >= 11 is 6.06. The van der Waals surface area contributed by atoms with Gasteiger partial charge in [-0.1, -0.05) is 11.6 Å². The minimum absolute atomic E-state index is 0.116. The fourth-order valence-electron chi connectivity index (χ4n) is 2.25. The topological polar surface area (TPSA) is 69.9 Å². The molecule has 134 valence electrons. The molecule has 3 aromatic rings. The van der Waals surface area contributed by atoms with Crippen LogP contribution in [0.1, 0.15) is 17.1 Å². The summed E-state index contributed by atoms with van der Waals surface area (Å²) in [5.74, 6) is -1.22. The molecule has 0 N–H and O–H groups in total. The van der Waals surface area contributed by atoms with E-state index in [4.69, 9.17) is 16.3 Å². The Morgan fingerprint density at radius 2 is 2.08 bits per heavy atom. The van der Waals surface area contributed by atoms with Crippen molar-refractivity contribution in [2.75, 3.05) is 0 Å². The molecule has 1 aromatic carbocycles. The highest BCUT2D eigenvalue weighted by atomic mass is 35.5. The van der Waals surface area contributed by atoms with Gasteiger partial charge in [-0.25, -0.2) is 8.78 Å². The highest BCUT2D eigenvalue weighted by molar-refractivity contribution is 6.31. The molecule has 3 rings (SSSR count). The van der Waals surface area contributed by atoms with Crippen LogP contribution >= 0.6 is 11.6 Å². The molecule has 26 heavy (non-hydrogen) atoms. The van der Waals surface area contributed by atoms with E-state index < -0.39 is 17.2 Å². The van der Waals surface area contributed by atoms with Crippen LogP contribution < -0.4 is 10.3 Å². The van der Waals surface area contributed by atoms with E-state index in [2.05, 4.69) is 15.0 Å². The Kier molecular flexibility index (Phi) is 5.22. The number of halogens is 3. The van der Waals surface area contributed by atoms with Gasteiger partial charge in [0.25, 0.3) is 5.56 Å². The van der Waals surface area contributed by atoms with Crippen molar-refractivity contribution in [1.29, 1.82) is 0 Å². The molecule has 0 saturated carbocycles. The number of hydrogen-bond donors (Lipinski definition) is 0. The van der Waals surface area contributed by atoms with Crippen LogP contribution in [0.2, 0.25) is 5.02 Å². The summed E-state index contributed by atoms with van der Waals surface area (Å²) in [4.78, 5) is 24.7. The molecule has 0 spiro atoms. The maximum atomic E-state index is 13.7. The van der Waals surface area contributed by atoms with Gasteiger partial charge in [-0.2, -0.15) is 4.98 Å². The van der Waals surface area contributed by atoms with Crippen LogP contribution in [0.25, 0.3) is 0 Å². The van der Waals surface area contributed by atoms with Crippen LogP contribution in [0.5, 0.6) is 5.88 Å². The Balaban J connectivity index is 1.84. The van der Waals surface area contributed by atoms with Crippen LogP contribution in [-0.4, -0.2) is 19.5 Å². The first kappa shape index (κ1) is 17.9. The lowest BCUT2D eigenvalue weighted by atomic mass is 10.2. The van der Waals surface area contributed by atoms with Crippen LogP contribution in [0.15, 0.2) is 41.6 Å². The summed E-state index contributed by atoms with van der Waals surface area (Å²) in [5, 5.41) is -0.234. The lowest BCUT2D eigenvalue weighted by Crippen LogP contribution is -2.26. The molecule has 0 radical (unpaired) electrons. The van der Waals surface area contributed by atoms with Crippen molar-refractivity contribution in [3.05, 3.63) is 80.9 Å². The van der Waals surface area contributed by atoms with Gasteiger partial charge in [-0.3, -0.25) is 19.3 Å². The molecule has 0 atom stereocenters. The second-order valence-corrected chi connectivity index (χ2v) is 5.77. The quantitative estimate of drug-likeness (QED) is 0.682. The van der Waals surface area contributed by atoms with Crippen LogP contribution in [0.3, 0.4) is 0 Å². The van der Waals surface area contributed by atoms with Gasteiger partial charge in [0, 0.05) is 24.0 Å². The molecule has 9 heteroatoms. The number of aryl methyl sites for hydroxylation is 1. The zero-order valence-electron chi connectivity index (χ0n) is 13.6. The SMILES string of the molecule is Cc1nc(OCc2ccc(F)cc2F)c(Cl)c(=O)n1Cc1cnccn1. The highest BCUT2D eigenvalue weighted by Gasteiger charge is 2.16. The van der Waals surface area contributed by atoms with Crippen LogP contribution in [0.4, 0.5) is 8.78 Å². The first-order valence-electron chi connectivity index (χ1n) is 7.54. The average molecular weight is 379 g/mol. The number of rotatable bonds is 5. The molecule has 0 saturated heterocycles. The van der Waals surface area contributed by atoms with Gasteiger partial charge in [-0.15, -0.1) is 0 Å². The van der Waals surface area contributed by atoms with Gasteiger partial charge < -0.3 is 4.74 Å². The minimum atomic E-state index is -0.756. The molecular weight excluding hydrogens is 366 g/mol. The third-order valence-electron chi connectivity index (χ3n) is 3.59. The maximum Gasteiger partial charge on any atom is 0.276 e. The smallest absolute Gasteiger partial charge is 0.276 e. The number of nitrogens with zero attached hydrogens (tertiary/aromatic N) is 4. The van der Waals surface area contributed by atoms with E-state index in [1.165, 1.54) is 29.2 Å². The van der Waals surface area contributed by atoms with Crippen molar-refractivity contribution in [1.82, 2.24) is 19.5 Å². The molecule has 2 heterocycles. The van der Waals surface area contributed by atoms with Crippen LogP contribution in [-0.2, 0) is 13.2 Å². The average Bonchev–Trinajstić information content (AvgIpc) is 2.63. The van der Waals surface area contributed by atoms with Crippen LogP contribution in [0, 0.1) is 18.6 Å². The van der Waals surface area contributed by atoms with E-state index in [9.17, 15) is 13.6 Å². The zero-order chi connectivity index (χ0) is 18.7. The summed E-state index contributed by atoms with van der Waals surface area (Å²) in [6.07, 6.45) is 4.57. The van der Waals surface area contributed by atoms with Gasteiger partial charge in [-0.05, 0) is 19.1 Å². The second kappa shape index (κ2) is 7.57. The highest BCUT2D eigenvalue weighted by Crippen LogP contribution is 2.20. The summed E-state index contributed by atoms with van der Waals surface area (Å²) in [5.41, 5.74) is 0.169. The molecule has 0 aliphatic carbocycles. The minimum Gasteiger partial charge on any atom is -0.471 e. The molecule has 0 fully saturated rings. The molecule has 2 aromatic heterocycles. The predicted octanol–water partition coefficient (Wildman–Crippen LogP) is 2.90. The Bertz CT molecular complexity index is 996. The Labute approximate surface area is 152 Å². The standard InChI is InChI=1S/C17H13ClF2N4O2/c1-10-23-16(26-9-11-2-3-12(19)6-14(11)20)15(18)17(25)24(10)8-13-7-21-4-5-22-13/h2-7H,8-9H2,1H3. The normalized spacial score (nSPS) is 10.8. The van der Waals surface area contributed by atoms with Gasteiger partial charge in [0.15, 0.2) is 5.02 Å². The molecule has 0 unspecified atom stereocenters. The number of aromatic nitrogens is 4. The first-order chi connectivity index (χ1) is 12.5. The maximum absolute atomic E-state index is 13.7. The van der Waals surface area contributed by atoms with E-state index in [0.29, 0.717) is 11.5 Å². The Hall–Kier alpha value is -2.87. The molecular formula is C17H13ClF2N4O2. The molecule has 0 aliphatic heterocycles. The van der Waals surface area contributed by atoms with Gasteiger partial charge in [0.05, 0.1) is 18.4 Å². The zero-order valence-corrected chi connectivity index (χ0v) is 14.4. The molecule has 0 amide bonds. The fraction of sp³-hybridized carbons (Fsp3) is 0.176. The van der Waals surface area contributed by atoms with E-state index >= 15 is 0 Å². The number of benzene rings is 1. The molecule has 6 nitrogen and oxygen atoms in total. The van der Waals surface area contributed by atoms with Gasteiger partial charge in [0.2, 0.25) is 5.88 Å². The summed E-state index contributed by atoms with van der Waals surface area (Å²) in [6, 6.07) is 3.11. The second-order valence-electron chi connectivity index (χ2n) is 5.39. The summed E-state index contributed by atoms with van der Waals surface area (Å²) in [6.45, 7) is 1.52. The van der Waals surface area contributed by atoms with Crippen molar-refractivity contribution < 1.29 is 13.5 Å². The Morgan fingerprint density at radius 1 is 1.27 bits per heavy atom. The molecule has 0 aliphatic rings. The van der Waals surface area contributed by atoms with Gasteiger partial charge in [0.1, 0.15) is 24.1 Å². The lowest BCUT2D eigenvalue weighted by molar-refractivity contribution is 0.285. The molecule has 0 bridgehead atoms. The van der Waals surface area contributed by atoms with E-state index in [-0.39, 0.29) is 29.6 Å². The van der Waals surface area contributed by atoms with Crippen molar-refractivity contribution >= 4 is 11.6 Å². The third kappa shape index (κ3) is 3.85. The van der Waals surface area contributed by atoms with Gasteiger partial charge >= 0.3 is 0 Å². The van der Waals surface area contributed by atoms with E-state index in [0.717, 1.165) is 12.1 Å².